The van der Waals surface area contributed by atoms with Crippen LogP contribution in [0.15, 0.2) is 48.0 Å². The first kappa shape index (κ1) is 23.3. The van der Waals surface area contributed by atoms with Gasteiger partial charge in [0.25, 0.3) is 5.91 Å². The minimum absolute atomic E-state index is 0.0848. The van der Waals surface area contributed by atoms with E-state index in [4.69, 9.17) is 18.9 Å². The molecule has 0 saturated carbocycles. The highest BCUT2D eigenvalue weighted by atomic mass is 16.6. The maximum Gasteiger partial charge on any atom is 0.344 e. The number of nitrogens with one attached hydrogen (secondary N) is 1. The van der Waals surface area contributed by atoms with Crippen LogP contribution in [0.2, 0.25) is 0 Å². The molecule has 1 N–H and O–H groups in total. The van der Waals surface area contributed by atoms with E-state index in [0.717, 1.165) is 0 Å². The molecular formula is C23H24N2O6. The number of carbonyl (C=O) groups excluding carboxylic acids is 2. The molecule has 0 bridgehead atoms. The van der Waals surface area contributed by atoms with E-state index in [9.17, 15) is 14.9 Å². The van der Waals surface area contributed by atoms with Crippen molar-refractivity contribution >= 4 is 23.6 Å². The summed E-state index contributed by atoms with van der Waals surface area (Å²) in [5.41, 5.74) is 1.01. The van der Waals surface area contributed by atoms with Crippen LogP contribution in [0.4, 0.5) is 5.69 Å². The fourth-order valence-corrected chi connectivity index (χ4v) is 2.53. The summed E-state index contributed by atoms with van der Waals surface area (Å²) in [6.07, 6.45) is 1.44. The zero-order valence-electron chi connectivity index (χ0n) is 17.6. The number of hydrogen-bond donors (Lipinski definition) is 1. The first-order chi connectivity index (χ1) is 15.0. The highest BCUT2D eigenvalue weighted by molar-refractivity contribution is 6.09. The molecule has 0 spiro atoms. The minimum Gasteiger partial charge on any atom is -0.497 e. The predicted molar refractivity (Wildman–Crippen MR) is 115 cm³/mol. The summed E-state index contributed by atoms with van der Waals surface area (Å²) < 4.78 is 20.9. The third-order valence-corrected chi connectivity index (χ3v) is 3.94. The van der Waals surface area contributed by atoms with E-state index in [2.05, 4.69) is 5.32 Å². The number of ether oxygens (including phenoxy) is 4. The highest BCUT2D eigenvalue weighted by Crippen LogP contribution is 2.29. The predicted octanol–water partition coefficient (Wildman–Crippen LogP) is 3.58. The number of carbonyl (C=O) groups is 2. The number of amides is 1. The Morgan fingerprint density at radius 2 is 1.77 bits per heavy atom. The van der Waals surface area contributed by atoms with Crippen molar-refractivity contribution in [1.29, 1.82) is 5.26 Å². The second-order valence-corrected chi connectivity index (χ2v) is 6.09. The van der Waals surface area contributed by atoms with Gasteiger partial charge in [-0.1, -0.05) is 6.07 Å². The standard InChI is InChI=1S/C23H24N2O6/c1-4-29-21-13-16(6-11-20(21)31-15-22(26)30-5-2)12-17(14-24)23(27)25-18-7-9-19(28-3)10-8-18/h6-13H,4-5,15H2,1-3H3,(H,25,27)/b17-12-. The van der Waals surface area contributed by atoms with Crippen LogP contribution in [0.1, 0.15) is 19.4 Å². The lowest BCUT2D eigenvalue weighted by molar-refractivity contribution is -0.145. The molecule has 8 heteroatoms. The average Bonchev–Trinajstić information content (AvgIpc) is 2.77. The van der Waals surface area contributed by atoms with Crippen molar-refractivity contribution in [3.8, 4) is 23.3 Å². The first-order valence-corrected chi connectivity index (χ1v) is 9.63. The molecule has 0 aliphatic carbocycles. The van der Waals surface area contributed by atoms with Gasteiger partial charge in [0.05, 0.1) is 20.3 Å². The molecule has 162 valence electrons. The van der Waals surface area contributed by atoms with Gasteiger partial charge in [0.1, 0.15) is 17.4 Å². The van der Waals surface area contributed by atoms with Crippen LogP contribution in [-0.2, 0) is 14.3 Å². The molecule has 0 saturated heterocycles. The molecule has 8 nitrogen and oxygen atoms in total. The lowest BCUT2D eigenvalue weighted by Gasteiger charge is -2.12. The summed E-state index contributed by atoms with van der Waals surface area (Å²) in [5.74, 6) is 0.355. The molecule has 0 heterocycles. The molecule has 0 aromatic heterocycles. The molecule has 0 fully saturated rings. The Kier molecular flexibility index (Phi) is 8.92. The quantitative estimate of drug-likeness (QED) is 0.353. The average molecular weight is 424 g/mol. The Labute approximate surface area is 181 Å². The highest BCUT2D eigenvalue weighted by Gasteiger charge is 2.13. The summed E-state index contributed by atoms with van der Waals surface area (Å²) in [7, 11) is 1.55. The monoisotopic (exact) mass is 424 g/mol. The van der Waals surface area contributed by atoms with Crippen molar-refractivity contribution < 1.29 is 28.5 Å². The Bertz CT molecular complexity index is 977. The van der Waals surface area contributed by atoms with E-state index in [1.807, 2.05) is 6.07 Å². The number of nitriles is 1. The van der Waals surface area contributed by atoms with Crippen LogP contribution >= 0.6 is 0 Å². The lowest BCUT2D eigenvalue weighted by atomic mass is 10.1. The molecule has 2 aromatic rings. The lowest BCUT2D eigenvalue weighted by Crippen LogP contribution is -2.15. The summed E-state index contributed by atoms with van der Waals surface area (Å²) in [6, 6.07) is 13.5. The maximum atomic E-state index is 12.5. The maximum absolute atomic E-state index is 12.5. The Morgan fingerprint density at radius 3 is 2.39 bits per heavy atom. The molecule has 2 aromatic carbocycles. The summed E-state index contributed by atoms with van der Waals surface area (Å²) >= 11 is 0. The van der Waals surface area contributed by atoms with E-state index < -0.39 is 11.9 Å². The molecule has 0 atom stereocenters. The third-order valence-electron chi connectivity index (χ3n) is 3.94. The fourth-order valence-electron chi connectivity index (χ4n) is 2.53. The Morgan fingerprint density at radius 1 is 1.03 bits per heavy atom. The van der Waals surface area contributed by atoms with Crippen LogP contribution in [0, 0.1) is 11.3 Å². The van der Waals surface area contributed by atoms with Crippen LogP contribution in [0.3, 0.4) is 0 Å². The Hall–Kier alpha value is -3.99. The van der Waals surface area contributed by atoms with Crippen molar-refractivity contribution in [2.75, 3.05) is 32.2 Å². The fraction of sp³-hybridized carbons (Fsp3) is 0.261. The third kappa shape index (κ3) is 7.08. The zero-order chi connectivity index (χ0) is 22.6. The zero-order valence-corrected chi connectivity index (χ0v) is 17.6. The second kappa shape index (κ2) is 11.9. The topological polar surface area (TPSA) is 107 Å². The first-order valence-electron chi connectivity index (χ1n) is 9.63. The van der Waals surface area contributed by atoms with Gasteiger partial charge >= 0.3 is 5.97 Å². The van der Waals surface area contributed by atoms with Gasteiger partial charge in [0.15, 0.2) is 18.1 Å². The number of esters is 1. The number of hydrogen-bond acceptors (Lipinski definition) is 7. The van der Waals surface area contributed by atoms with Gasteiger partial charge in [0, 0.05) is 5.69 Å². The van der Waals surface area contributed by atoms with Crippen LogP contribution < -0.4 is 19.5 Å². The van der Waals surface area contributed by atoms with Crippen LogP contribution in [0.25, 0.3) is 6.08 Å². The van der Waals surface area contributed by atoms with Crippen molar-refractivity contribution in [3.63, 3.8) is 0 Å². The molecule has 0 aliphatic rings. The van der Waals surface area contributed by atoms with Crippen LogP contribution in [-0.4, -0.2) is 38.8 Å². The molecule has 0 radical (unpaired) electrons. The van der Waals surface area contributed by atoms with Gasteiger partial charge in [-0.15, -0.1) is 0 Å². The van der Waals surface area contributed by atoms with E-state index >= 15 is 0 Å². The molecule has 1 amide bonds. The molecule has 31 heavy (non-hydrogen) atoms. The SMILES string of the molecule is CCOC(=O)COc1ccc(/C=C(/C#N)C(=O)Nc2ccc(OC)cc2)cc1OCC. The van der Waals surface area contributed by atoms with Gasteiger partial charge in [-0.3, -0.25) is 4.79 Å². The largest absolute Gasteiger partial charge is 0.497 e. The summed E-state index contributed by atoms with van der Waals surface area (Å²) in [6.45, 7) is 3.89. The van der Waals surface area contributed by atoms with Crippen molar-refractivity contribution in [3.05, 3.63) is 53.6 Å². The minimum atomic E-state index is -0.548. The van der Waals surface area contributed by atoms with Gasteiger partial charge in [-0.05, 0) is 61.9 Å². The number of benzene rings is 2. The van der Waals surface area contributed by atoms with E-state index in [1.165, 1.54) is 6.08 Å². The van der Waals surface area contributed by atoms with Gasteiger partial charge in [0.2, 0.25) is 0 Å². The van der Waals surface area contributed by atoms with E-state index in [1.54, 1.807) is 63.4 Å². The van der Waals surface area contributed by atoms with E-state index in [0.29, 0.717) is 35.1 Å². The smallest absolute Gasteiger partial charge is 0.344 e. The second-order valence-electron chi connectivity index (χ2n) is 6.09. The van der Waals surface area contributed by atoms with Crippen molar-refractivity contribution in [2.24, 2.45) is 0 Å². The van der Waals surface area contributed by atoms with E-state index in [-0.39, 0.29) is 18.8 Å². The van der Waals surface area contributed by atoms with Crippen molar-refractivity contribution in [1.82, 2.24) is 0 Å². The van der Waals surface area contributed by atoms with Gasteiger partial charge < -0.3 is 24.3 Å². The molecular weight excluding hydrogens is 400 g/mol. The van der Waals surface area contributed by atoms with Crippen molar-refractivity contribution in [2.45, 2.75) is 13.8 Å². The number of anilines is 1. The summed E-state index contributed by atoms with van der Waals surface area (Å²) in [5, 5.41) is 12.1. The molecule has 2 rings (SSSR count). The Balaban J connectivity index is 2.17. The number of methoxy groups -OCH3 is 1. The van der Waals surface area contributed by atoms with Gasteiger partial charge in [-0.2, -0.15) is 5.26 Å². The normalized spacial score (nSPS) is 10.6. The van der Waals surface area contributed by atoms with Gasteiger partial charge in [-0.25, -0.2) is 4.79 Å². The number of rotatable bonds is 10. The molecule has 0 aliphatic heterocycles. The summed E-state index contributed by atoms with van der Waals surface area (Å²) in [4.78, 5) is 24.0. The van der Waals surface area contributed by atoms with Crippen LogP contribution in [0.5, 0.6) is 17.2 Å². The molecule has 0 unspecified atom stereocenters. The number of nitrogens with zero attached hydrogens (tertiary/aromatic N) is 1.